The number of esters is 1. The summed E-state index contributed by atoms with van der Waals surface area (Å²) in [6, 6.07) is 10.3. The highest BCUT2D eigenvalue weighted by Gasteiger charge is 2.39. The molecule has 0 amide bonds. The van der Waals surface area contributed by atoms with Crippen molar-refractivity contribution >= 4 is 23.5 Å². The Balaban J connectivity index is 1.61. The van der Waals surface area contributed by atoms with E-state index in [2.05, 4.69) is 28.7 Å². The van der Waals surface area contributed by atoms with Crippen LogP contribution in [0.2, 0.25) is 0 Å². The summed E-state index contributed by atoms with van der Waals surface area (Å²) in [6.07, 6.45) is 11.5. The van der Waals surface area contributed by atoms with Gasteiger partial charge < -0.3 is 14.9 Å². The van der Waals surface area contributed by atoms with Crippen LogP contribution in [0.5, 0.6) is 0 Å². The number of hydrogen-bond donors (Lipinski definition) is 2. The maximum Gasteiger partial charge on any atom is 0.305 e. The van der Waals surface area contributed by atoms with Gasteiger partial charge in [-0.15, -0.1) is 17.7 Å². The van der Waals surface area contributed by atoms with Gasteiger partial charge in [-0.3, -0.25) is 9.59 Å². The molecule has 2 N–H and O–H groups in total. The number of ketones is 1. The molecule has 4 atom stereocenters. The lowest BCUT2D eigenvalue weighted by atomic mass is 9.88. The number of methoxy groups -OCH3 is 1. The first-order valence-corrected chi connectivity index (χ1v) is 14.0. The summed E-state index contributed by atoms with van der Waals surface area (Å²) >= 11 is 1.54. The van der Waals surface area contributed by atoms with E-state index in [4.69, 9.17) is 0 Å². The summed E-state index contributed by atoms with van der Waals surface area (Å²) in [5.41, 5.74) is 1.28. The van der Waals surface area contributed by atoms with Gasteiger partial charge in [0, 0.05) is 23.7 Å². The summed E-state index contributed by atoms with van der Waals surface area (Å²) < 4.78 is 4.63. The fraction of sp³-hybridized carbons (Fsp3) is 0.533. The molecule has 0 saturated heterocycles. The van der Waals surface area contributed by atoms with Crippen molar-refractivity contribution in [3.05, 3.63) is 59.0 Å². The molecule has 1 fully saturated rings. The zero-order chi connectivity index (χ0) is 25.8. The number of carbonyl (C=O) groups excluding carboxylic acids is 2. The van der Waals surface area contributed by atoms with Gasteiger partial charge >= 0.3 is 5.97 Å². The molecule has 0 aliphatic heterocycles. The molecular weight excluding hydrogens is 472 g/mol. The fourth-order valence-corrected chi connectivity index (χ4v) is 5.88. The van der Waals surface area contributed by atoms with Gasteiger partial charge in [0.2, 0.25) is 0 Å². The largest absolute Gasteiger partial charge is 0.469 e. The molecule has 1 saturated carbocycles. The average Bonchev–Trinajstić information content (AvgIpc) is 3.54. The van der Waals surface area contributed by atoms with Crippen LogP contribution in [0.3, 0.4) is 0 Å². The highest BCUT2D eigenvalue weighted by molar-refractivity contribution is 8.04. The number of thioether (sulfide) groups is 1. The zero-order valence-electron chi connectivity index (χ0n) is 21.1. The molecule has 6 heteroatoms. The van der Waals surface area contributed by atoms with Crippen LogP contribution in [0.4, 0.5) is 0 Å². The molecule has 3 rings (SSSR count). The topological polar surface area (TPSA) is 83.8 Å². The minimum atomic E-state index is -1.10. The molecule has 5 nitrogen and oxygen atoms in total. The third kappa shape index (κ3) is 8.65. The van der Waals surface area contributed by atoms with E-state index >= 15 is 0 Å². The van der Waals surface area contributed by atoms with Gasteiger partial charge in [0.25, 0.3) is 0 Å². The third-order valence-electron chi connectivity index (χ3n) is 6.93. The van der Waals surface area contributed by atoms with Gasteiger partial charge in [-0.25, -0.2) is 0 Å². The Kier molecular flexibility index (Phi) is 11.8. The monoisotopic (exact) mass is 510 g/mol. The second kappa shape index (κ2) is 15.0. The highest BCUT2D eigenvalue weighted by atomic mass is 32.2. The van der Waals surface area contributed by atoms with Gasteiger partial charge in [-0.1, -0.05) is 67.3 Å². The number of Topliss-reactive ketones (excluding diaryl/α,β-unsaturated/α-hetero) is 1. The van der Waals surface area contributed by atoms with Crippen LogP contribution >= 0.6 is 11.8 Å². The number of ether oxygens (including phenoxy) is 1. The normalized spacial score (nSPS) is 21.8. The first-order chi connectivity index (χ1) is 17.5. The van der Waals surface area contributed by atoms with Crippen molar-refractivity contribution in [3.63, 3.8) is 0 Å². The summed E-state index contributed by atoms with van der Waals surface area (Å²) in [6.45, 7) is 0. The van der Waals surface area contributed by atoms with Crippen molar-refractivity contribution in [2.75, 3.05) is 12.9 Å². The maximum atomic E-state index is 13.3. The van der Waals surface area contributed by atoms with Gasteiger partial charge in [0.05, 0.1) is 19.1 Å². The zero-order valence-corrected chi connectivity index (χ0v) is 21.9. The number of aliphatic hydroxyl groups excluding tert-OH is 2. The molecule has 2 aliphatic rings. The lowest BCUT2D eigenvalue weighted by molar-refractivity contribution is -0.140. The number of allylic oxidation sites excluding steroid dienone is 3. The van der Waals surface area contributed by atoms with E-state index in [0.29, 0.717) is 17.7 Å². The molecule has 194 valence electrons. The van der Waals surface area contributed by atoms with Crippen molar-refractivity contribution in [3.8, 4) is 11.8 Å². The summed E-state index contributed by atoms with van der Waals surface area (Å²) in [4.78, 5) is 25.2. The first kappa shape index (κ1) is 28.2. The molecular formula is C30H38O5S. The smallest absolute Gasteiger partial charge is 0.305 e. The van der Waals surface area contributed by atoms with Crippen LogP contribution < -0.4 is 0 Å². The minimum Gasteiger partial charge on any atom is -0.469 e. The third-order valence-corrected chi connectivity index (χ3v) is 8.07. The molecule has 4 unspecified atom stereocenters. The van der Waals surface area contributed by atoms with Crippen LogP contribution in [0.15, 0.2) is 53.5 Å². The van der Waals surface area contributed by atoms with E-state index < -0.39 is 18.1 Å². The van der Waals surface area contributed by atoms with Crippen molar-refractivity contribution in [2.45, 2.75) is 70.0 Å². The van der Waals surface area contributed by atoms with Crippen molar-refractivity contribution in [1.82, 2.24) is 0 Å². The van der Waals surface area contributed by atoms with Crippen LogP contribution in [0.25, 0.3) is 0 Å². The highest BCUT2D eigenvalue weighted by Crippen LogP contribution is 2.37. The van der Waals surface area contributed by atoms with E-state index in [9.17, 15) is 19.8 Å². The quantitative estimate of drug-likeness (QED) is 0.181. The average molecular weight is 511 g/mol. The van der Waals surface area contributed by atoms with Gasteiger partial charge in [-0.05, 0) is 49.3 Å². The van der Waals surface area contributed by atoms with Crippen LogP contribution in [0.1, 0.15) is 56.9 Å². The summed E-state index contributed by atoms with van der Waals surface area (Å²) in [7, 11) is 1.35. The molecule has 1 aromatic carbocycles. The van der Waals surface area contributed by atoms with E-state index in [-0.39, 0.29) is 30.0 Å². The number of benzene rings is 1. The molecule has 2 aliphatic carbocycles. The number of unbranched alkanes of at least 4 members (excludes halogenated alkanes) is 1. The molecule has 36 heavy (non-hydrogen) atoms. The standard InChI is InChI=1S/C30H38O5S/c1-35-28(33)17-7-3-6-16-26(32)29-24(18-19-25(31)23-14-8-9-15-23)21-27(30(29)34)36-20-10-13-22-11-4-2-5-12-22/h2,4-5,11-12,18-19,21,23-26,29,31-32H,3,7-10,13-15,17,20H2,1H3. The van der Waals surface area contributed by atoms with Crippen LogP contribution in [-0.2, 0) is 20.7 Å². The number of rotatable bonds is 12. The second-order valence-electron chi connectivity index (χ2n) is 9.55. The Bertz CT molecular complexity index is 968. The van der Waals surface area contributed by atoms with E-state index in [0.717, 1.165) is 44.3 Å². The predicted octanol–water partition coefficient (Wildman–Crippen LogP) is 4.87. The first-order valence-electron chi connectivity index (χ1n) is 13.0. The minimum absolute atomic E-state index is 0.0823. The van der Waals surface area contributed by atoms with Gasteiger partial charge in [-0.2, -0.15) is 0 Å². The van der Waals surface area contributed by atoms with Crippen LogP contribution in [-0.4, -0.2) is 47.0 Å². The van der Waals surface area contributed by atoms with Gasteiger partial charge in [0.1, 0.15) is 6.10 Å². The summed E-state index contributed by atoms with van der Waals surface area (Å²) in [5.74, 6) is 5.47. The molecule has 0 aromatic heterocycles. The lowest BCUT2D eigenvalue weighted by Gasteiger charge is -2.19. The molecule has 0 spiro atoms. The molecule has 0 heterocycles. The Morgan fingerprint density at radius 1 is 1.19 bits per heavy atom. The van der Waals surface area contributed by atoms with Crippen LogP contribution in [0, 0.1) is 29.6 Å². The van der Waals surface area contributed by atoms with Crippen molar-refractivity contribution < 1.29 is 24.5 Å². The van der Waals surface area contributed by atoms with Crippen molar-refractivity contribution in [2.24, 2.45) is 17.8 Å². The molecule has 0 radical (unpaired) electrons. The molecule has 0 bridgehead atoms. The van der Waals surface area contributed by atoms with E-state index in [1.165, 1.54) is 24.4 Å². The number of aryl methyl sites for hydroxylation is 1. The Labute approximate surface area is 219 Å². The van der Waals surface area contributed by atoms with E-state index in [1.807, 2.05) is 30.4 Å². The number of carbonyl (C=O) groups is 2. The fourth-order valence-electron chi connectivity index (χ4n) is 4.84. The molecule has 1 aromatic rings. The predicted molar refractivity (Wildman–Crippen MR) is 144 cm³/mol. The summed E-state index contributed by atoms with van der Waals surface area (Å²) in [5, 5.41) is 21.4. The Hall–Kier alpha value is -2.33. The maximum absolute atomic E-state index is 13.3. The van der Waals surface area contributed by atoms with Gasteiger partial charge in [0.15, 0.2) is 5.78 Å². The number of aliphatic hydroxyl groups is 2. The Morgan fingerprint density at radius 3 is 2.67 bits per heavy atom. The number of hydrogen-bond acceptors (Lipinski definition) is 6. The Morgan fingerprint density at radius 2 is 1.94 bits per heavy atom. The SMILES string of the molecule is COC(=O)CCCC#CC(O)C1C(=O)C(SCCCc2ccccc2)=CC1C=CC(O)C1CCCC1. The van der Waals surface area contributed by atoms with Crippen molar-refractivity contribution in [1.29, 1.82) is 0 Å². The second-order valence-corrected chi connectivity index (χ2v) is 10.7. The van der Waals surface area contributed by atoms with E-state index in [1.54, 1.807) is 6.08 Å². The lowest BCUT2D eigenvalue weighted by Crippen LogP contribution is -2.29.